The molecule has 0 bridgehead atoms. The second-order valence-corrected chi connectivity index (χ2v) is 4.99. The van der Waals surface area contributed by atoms with E-state index in [9.17, 15) is 9.59 Å². The van der Waals surface area contributed by atoms with Gasteiger partial charge in [0, 0.05) is 0 Å². The van der Waals surface area contributed by atoms with Crippen molar-refractivity contribution in [2.24, 2.45) is 15.3 Å². The Kier molecular flexibility index (Phi) is 4.52. The zero-order valence-electron chi connectivity index (χ0n) is 11.0. The number of Topliss-reactive ketones (excluding diaryl/α,β-unsaturated/α-hetero) is 1. The highest BCUT2D eigenvalue weighted by Crippen LogP contribution is 2.11. The summed E-state index contributed by atoms with van der Waals surface area (Å²) in [5.74, 6) is -1.07. The minimum Gasteiger partial charge on any atom is -0.458 e. The van der Waals surface area contributed by atoms with Crippen LogP contribution in [0.1, 0.15) is 27.7 Å². The van der Waals surface area contributed by atoms with Crippen LogP contribution in [-0.4, -0.2) is 42.2 Å². The molecule has 7 nitrogen and oxygen atoms in total. The van der Waals surface area contributed by atoms with Crippen molar-refractivity contribution in [3.63, 3.8) is 0 Å². The first kappa shape index (κ1) is 14.3. The molecule has 1 aliphatic heterocycles. The quantitative estimate of drug-likeness (QED) is 0.454. The van der Waals surface area contributed by atoms with E-state index in [-0.39, 0.29) is 6.04 Å². The molecular formula is C11H18N4O3. The molecule has 0 spiro atoms. The van der Waals surface area contributed by atoms with Crippen LogP contribution in [0.2, 0.25) is 0 Å². The Labute approximate surface area is 106 Å². The number of rotatable bonds is 4. The SMILES string of the molecule is CC(=O)C(N=NC1C=NNC1)C(=O)OC(C)(C)C. The number of carbonyl (C=O) groups is 2. The fourth-order valence-electron chi connectivity index (χ4n) is 1.21. The Bertz CT molecular complexity index is 384. The van der Waals surface area contributed by atoms with Crippen molar-refractivity contribution in [3.8, 4) is 0 Å². The molecule has 0 amide bonds. The van der Waals surface area contributed by atoms with Gasteiger partial charge in [-0.15, -0.1) is 0 Å². The van der Waals surface area contributed by atoms with Crippen molar-refractivity contribution in [2.45, 2.75) is 45.4 Å². The lowest BCUT2D eigenvalue weighted by Crippen LogP contribution is -2.34. The molecule has 18 heavy (non-hydrogen) atoms. The number of nitrogens with zero attached hydrogens (tertiary/aromatic N) is 3. The second-order valence-electron chi connectivity index (χ2n) is 4.99. The van der Waals surface area contributed by atoms with E-state index >= 15 is 0 Å². The van der Waals surface area contributed by atoms with E-state index in [1.807, 2.05) is 0 Å². The van der Waals surface area contributed by atoms with Gasteiger partial charge in [0.15, 0.2) is 5.78 Å². The molecule has 0 fully saturated rings. The lowest BCUT2D eigenvalue weighted by molar-refractivity contribution is -0.157. The van der Waals surface area contributed by atoms with Gasteiger partial charge in [0.2, 0.25) is 6.04 Å². The van der Waals surface area contributed by atoms with Crippen LogP contribution in [0, 0.1) is 0 Å². The lowest BCUT2D eigenvalue weighted by atomic mass is 10.1. The number of carbonyl (C=O) groups excluding carboxylic acids is 2. The highest BCUT2D eigenvalue weighted by atomic mass is 16.6. The predicted octanol–water partition coefficient (Wildman–Crippen LogP) is 0.695. The van der Waals surface area contributed by atoms with Crippen LogP contribution >= 0.6 is 0 Å². The first-order valence-corrected chi connectivity index (χ1v) is 5.69. The van der Waals surface area contributed by atoms with Gasteiger partial charge in [-0.1, -0.05) is 0 Å². The molecule has 0 aliphatic carbocycles. The van der Waals surface area contributed by atoms with Crippen LogP contribution in [0.4, 0.5) is 0 Å². The van der Waals surface area contributed by atoms with E-state index in [1.54, 1.807) is 27.0 Å². The first-order chi connectivity index (χ1) is 8.29. The fraction of sp³-hybridized carbons (Fsp3) is 0.727. The summed E-state index contributed by atoms with van der Waals surface area (Å²) < 4.78 is 5.11. The van der Waals surface area contributed by atoms with Gasteiger partial charge < -0.3 is 10.2 Å². The zero-order valence-corrected chi connectivity index (χ0v) is 11.0. The topological polar surface area (TPSA) is 92.5 Å². The molecule has 0 aromatic carbocycles. The number of esters is 1. The van der Waals surface area contributed by atoms with E-state index in [0.29, 0.717) is 6.54 Å². The van der Waals surface area contributed by atoms with Crippen LogP contribution in [0.3, 0.4) is 0 Å². The normalized spacial score (nSPS) is 20.8. The highest BCUT2D eigenvalue weighted by Gasteiger charge is 2.29. The summed E-state index contributed by atoms with van der Waals surface area (Å²) in [6.45, 7) is 6.99. The number of ether oxygens (including phenoxy) is 1. The maximum Gasteiger partial charge on any atom is 0.341 e. The molecule has 2 atom stereocenters. The van der Waals surface area contributed by atoms with E-state index < -0.39 is 23.4 Å². The van der Waals surface area contributed by atoms with Gasteiger partial charge in [0.05, 0.1) is 12.8 Å². The molecule has 7 heteroatoms. The smallest absolute Gasteiger partial charge is 0.341 e. The summed E-state index contributed by atoms with van der Waals surface area (Å²) in [5.41, 5.74) is 2.05. The Balaban J connectivity index is 2.67. The maximum atomic E-state index is 11.8. The largest absolute Gasteiger partial charge is 0.458 e. The standard InChI is InChI=1S/C11H18N4O3/c1-7(16)9(10(17)18-11(2,3)4)15-14-8-5-12-13-6-8/h5,8-9,13H,6H2,1-4H3. The number of hydrogen-bond donors (Lipinski definition) is 1. The third-order valence-corrected chi connectivity index (χ3v) is 1.98. The molecular weight excluding hydrogens is 236 g/mol. The molecule has 1 aliphatic rings. The Morgan fingerprint density at radius 3 is 2.61 bits per heavy atom. The molecule has 1 heterocycles. The lowest BCUT2D eigenvalue weighted by Gasteiger charge is -2.21. The maximum absolute atomic E-state index is 11.8. The van der Waals surface area contributed by atoms with Gasteiger partial charge in [-0.3, -0.25) is 4.79 Å². The molecule has 2 unspecified atom stereocenters. The van der Waals surface area contributed by atoms with Crippen molar-refractivity contribution in [3.05, 3.63) is 0 Å². The first-order valence-electron chi connectivity index (χ1n) is 5.69. The highest BCUT2D eigenvalue weighted by molar-refractivity contribution is 6.02. The van der Waals surface area contributed by atoms with Gasteiger partial charge in [-0.25, -0.2) is 4.79 Å². The number of ketones is 1. The fourth-order valence-corrected chi connectivity index (χ4v) is 1.21. The summed E-state index contributed by atoms with van der Waals surface area (Å²) in [5, 5.41) is 11.4. The summed E-state index contributed by atoms with van der Waals surface area (Å²) in [6, 6.07) is -1.44. The van der Waals surface area contributed by atoms with E-state index in [1.165, 1.54) is 6.92 Å². The van der Waals surface area contributed by atoms with Gasteiger partial charge in [0.1, 0.15) is 11.6 Å². The van der Waals surface area contributed by atoms with Crippen molar-refractivity contribution >= 4 is 18.0 Å². The zero-order chi connectivity index (χ0) is 13.8. The summed E-state index contributed by atoms with van der Waals surface area (Å²) >= 11 is 0. The minimum atomic E-state index is -1.20. The molecule has 0 saturated heterocycles. The molecule has 0 saturated carbocycles. The summed E-state index contributed by atoms with van der Waals surface area (Å²) in [6.07, 6.45) is 1.57. The predicted molar refractivity (Wildman–Crippen MR) is 65.5 cm³/mol. The Morgan fingerprint density at radius 1 is 1.50 bits per heavy atom. The monoisotopic (exact) mass is 254 g/mol. The molecule has 0 radical (unpaired) electrons. The van der Waals surface area contributed by atoms with Crippen LogP contribution in [0.15, 0.2) is 15.3 Å². The number of hydrazone groups is 1. The van der Waals surface area contributed by atoms with E-state index in [2.05, 4.69) is 20.8 Å². The van der Waals surface area contributed by atoms with Crippen molar-refractivity contribution in [1.82, 2.24) is 5.43 Å². The molecule has 0 aromatic rings. The second kappa shape index (κ2) is 5.70. The Hall–Kier alpha value is -1.79. The molecule has 1 rings (SSSR count). The van der Waals surface area contributed by atoms with Crippen LogP contribution < -0.4 is 5.43 Å². The molecule has 1 N–H and O–H groups in total. The van der Waals surface area contributed by atoms with Crippen LogP contribution in [-0.2, 0) is 14.3 Å². The van der Waals surface area contributed by atoms with Crippen LogP contribution in [0.5, 0.6) is 0 Å². The Morgan fingerprint density at radius 2 is 2.17 bits per heavy atom. The van der Waals surface area contributed by atoms with Gasteiger partial charge >= 0.3 is 5.97 Å². The summed E-state index contributed by atoms with van der Waals surface area (Å²) in [4.78, 5) is 23.1. The number of nitrogens with one attached hydrogen (secondary N) is 1. The number of hydrogen-bond acceptors (Lipinski definition) is 7. The van der Waals surface area contributed by atoms with Gasteiger partial charge in [-0.2, -0.15) is 15.3 Å². The van der Waals surface area contributed by atoms with E-state index in [4.69, 9.17) is 4.74 Å². The van der Waals surface area contributed by atoms with Crippen LogP contribution in [0.25, 0.3) is 0 Å². The minimum absolute atomic E-state index is 0.241. The summed E-state index contributed by atoms with van der Waals surface area (Å²) in [7, 11) is 0. The van der Waals surface area contributed by atoms with Gasteiger partial charge in [0.25, 0.3) is 0 Å². The third kappa shape index (κ3) is 4.60. The molecule has 0 aromatic heterocycles. The van der Waals surface area contributed by atoms with Crippen molar-refractivity contribution in [2.75, 3.05) is 6.54 Å². The third-order valence-electron chi connectivity index (χ3n) is 1.98. The average molecular weight is 254 g/mol. The van der Waals surface area contributed by atoms with Gasteiger partial charge in [-0.05, 0) is 27.7 Å². The number of azo groups is 1. The van der Waals surface area contributed by atoms with Crippen molar-refractivity contribution in [1.29, 1.82) is 0 Å². The van der Waals surface area contributed by atoms with Crippen molar-refractivity contribution < 1.29 is 14.3 Å². The average Bonchev–Trinajstić information content (AvgIpc) is 2.67. The van der Waals surface area contributed by atoms with E-state index in [0.717, 1.165) is 0 Å². The molecule has 100 valence electrons.